The molecule has 7 heteroatoms. The molecule has 1 aromatic rings. The lowest BCUT2D eigenvalue weighted by atomic mass is 10.2. The summed E-state index contributed by atoms with van der Waals surface area (Å²) in [5.74, 6) is -0.827. The molecule has 0 aromatic carbocycles. The Morgan fingerprint density at radius 1 is 1.37 bits per heavy atom. The maximum atomic E-state index is 13.9. The SMILES string of the molecule is Cc1ncnc(N2CCN(CCC(=O)O)CC2)c1F. The van der Waals surface area contributed by atoms with Gasteiger partial charge >= 0.3 is 5.97 Å². The standard InChI is InChI=1S/C12H17FN4O2/c1-9-11(13)12(15-8-14-9)17-6-4-16(5-7-17)3-2-10(18)19/h8H,2-7H2,1H3,(H,18,19). The van der Waals surface area contributed by atoms with Gasteiger partial charge in [-0.3, -0.25) is 9.69 Å². The highest BCUT2D eigenvalue weighted by molar-refractivity contribution is 5.66. The number of carboxylic acid groups (broad SMARTS) is 1. The van der Waals surface area contributed by atoms with E-state index in [0.717, 1.165) is 13.1 Å². The van der Waals surface area contributed by atoms with Crippen molar-refractivity contribution in [3.8, 4) is 0 Å². The Bertz CT molecular complexity index is 461. The topological polar surface area (TPSA) is 69.6 Å². The Hall–Kier alpha value is -1.76. The summed E-state index contributed by atoms with van der Waals surface area (Å²) in [6.07, 6.45) is 1.51. The van der Waals surface area contributed by atoms with Crippen LogP contribution in [0.1, 0.15) is 12.1 Å². The van der Waals surface area contributed by atoms with Crippen LogP contribution in [0.2, 0.25) is 0 Å². The van der Waals surface area contributed by atoms with Gasteiger partial charge in [0, 0.05) is 32.7 Å². The monoisotopic (exact) mass is 268 g/mol. The number of piperazine rings is 1. The Kier molecular flexibility index (Phi) is 4.26. The highest BCUT2D eigenvalue weighted by Crippen LogP contribution is 2.18. The minimum Gasteiger partial charge on any atom is -0.481 e. The third-order valence-electron chi connectivity index (χ3n) is 3.26. The van der Waals surface area contributed by atoms with Crippen molar-refractivity contribution in [2.75, 3.05) is 37.6 Å². The third-order valence-corrected chi connectivity index (χ3v) is 3.26. The van der Waals surface area contributed by atoms with E-state index in [9.17, 15) is 9.18 Å². The second-order valence-electron chi connectivity index (χ2n) is 4.57. The first kappa shape index (κ1) is 13.7. The van der Waals surface area contributed by atoms with Crippen LogP contribution in [-0.4, -0.2) is 58.7 Å². The number of nitrogens with zero attached hydrogens (tertiary/aromatic N) is 4. The molecule has 0 atom stereocenters. The van der Waals surface area contributed by atoms with E-state index in [-0.39, 0.29) is 12.2 Å². The molecule has 1 aromatic heterocycles. The molecule has 0 amide bonds. The Morgan fingerprint density at radius 2 is 2.05 bits per heavy atom. The average Bonchev–Trinajstić information content (AvgIpc) is 2.40. The number of hydrogen-bond donors (Lipinski definition) is 1. The highest BCUT2D eigenvalue weighted by Gasteiger charge is 2.21. The fourth-order valence-electron chi connectivity index (χ4n) is 2.10. The molecule has 104 valence electrons. The largest absolute Gasteiger partial charge is 0.481 e. The van der Waals surface area contributed by atoms with E-state index in [0.29, 0.717) is 31.1 Å². The first-order valence-electron chi connectivity index (χ1n) is 6.24. The van der Waals surface area contributed by atoms with E-state index < -0.39 is 5.97 Å². The van der Waals surface area contributed by atoms with Crippen molar-refractivity contribution in [1.29, 1.82) is 0 Å². The van der Waals surface area contributed by atoms with Gasteiger partial charge in [0.05, 0.1) is 12.1 Å². The number of carboxylic acids is 1. The normalized spacial score (nSPS) is 16.6. The summed E-state index contributed by atoms with van der Waals surface area (Å²) in [5, 5.41) is 8.64. The number of aliphatic carboxylic acids is 1. The molecule has 19 heavy (non-hydrogen) atoms. The van der Waals surface area contributed by atoms with Crippen LogP contribution in [0.25, 0.3) is 0 Å². The number of hydrogen-bond acceptors (Lipinski definition) is 5. The average molecular weight is 268 g/mol. The fraction of sp³-hybridized carbons (Fsp3) is 0.583. The van der Waals surface area contributed by atoms with Crippen LogP contribution in [-0.2, 0) is 4.79 Å². The van der Waals surface area contributed by atoms with Gasteiger partial charge in [0.2, 0.25) is 0 Å². The van der Waals surface area contributed by atoms with Crippen molar-refractivity contribution in [3.63, 3.8) is 0 Å². The quantitative estimate of drug-likeness (QED) is 0.858. The second-order valence-corrected chi connectivity index (χ2v) is 4.57. The van der Waals surface area contributed by atoms with Crippen LogP contribution in [0.3, 0.4) is 0 Å². The van der Waals surface area contributed by atoms with Gasteiger partial charge in [-0.05, 0) is 6.92 Å². The number of carbonyl (C=O) groups is 1. The van der Waals surface area contributed by atoms with Crippen LogP contribution < -0.4 is 4.90 Å². The molecule has 0 radical (unpaired) electrons. The molecule has 1 fully saturated rings. The van der Waals surface area contributed by atoms with Gasteiger partial charge < -0.3 is 10.0 Å². The molecule has 1 aliphatic rings. The van der Waals surface area contributed by atoms with Crippen molar-refractivity contribution >= 4 is 11.8 Å². The predicted octanol–water partition coefficient (Wildman–Crippen LogP) is 0.521. The molecule has 0 spiro atoms. The zero-order chi connectivity index (χ0) is 13.8. The Morgan fingerprint density at radius 3 is 2.68 bits per heavy atom. The molecule has 0 aliphatic carbocycles. The molecule has 2 heterocycles. The molecule has 0 unspecified atom stereocenters. The van der Waals surface area contributed by atoms with E-state index >= 15 is 0 Å². The smallest absolute Gasteiger partial charge is 0.304 e. The number of rotatable bonds is 4. The summed E-state index contributed by atoms with van der Waals surface area (Å²) >= 11 is 0. The molecule has 0 bridgehead atoms. The second kappa shape index (κ2) is 5.92. The zero-order valence-corrected chi connectivity index (χ0v) is 10.8. The minimum atomic E-state index is -0.792. The molecular formula is C12H17FN4O2. The number of anilines is 1. The lowest BCUT2D eigenvalue weighted by molar-refractivity contribution is -0.137. The number of aromatic nitrogens is 2. The van der Waals surface area contributed by atoms with Crippen LogP contribution in [0.15, 0.2) is 6.33 Å². The molecule has 1 saturated heterocycles. The molecule has 1 N–H and O–H groups in total. The summed E-state index contributed by atoms with van der Waals surface area (Å²) < 4.78 is 13.9. The Balaban J connectivity index is 1.92. The maximum Gasteiger partial charge on any atom is 0.304 e. The van der Waals surface area contributed by atoms with Gasteiger partial charge in [-0.15, -0.1) is 0 Å². The summed E-state index contributed by atoms with van der Waals surface area (Å²) in [5.41, 5.74) is 0.346. The fourth-order valence-corrected chi connectivity index (χ4v) is 2.10. The Labute approximate surface area is 110 Å². The summed E-state index contributed by atoms with van der Waals surface area (Å²) in [7, 11) is 0. The number of halogens is 1. The van der Waals surface area contributed by atoms with Gasteiger partial charge in [0.1, 0.15) is 6.33 Å². The molecule has 2 rings (SSSR count). The van der Waals surface area contributed by atoms with Gasteiger partial charge in [-0.25, -0.2) is 14.4 Å². The zero-order valence-electron chi connectivity index (χ0n) is 10.8. The van der Waals surface area contributed by atoms with Crippen LogP contribution in [0.5, 0.6) is 0 Å². The van der Waals surface area contributed by atoms with E-state index in [1.54, 1.807) is 6.92 Å². The predicted molar refractivity (Wildman–Crippen MR) is 67.6 cm³/mol. The van der Waals surface area contributed by atoms with E-state index in [4.69, 9.17) is 5.11 Å². The summed E-state index contributed by atoms with van der Waals surface area (Å²) in [6.45, 7) is 4.88. The first-order chi connectivity index (χ1) is 9.08. The van der Waals surface area contributed by atoms with Gasteiger partial charge in [-0.2, -0.15) is 0 Å². The van der Waals surface area contributed by atoms with Crippen molar-refractivity contribution < 1.29 is 14.3 Å². The van der Waals surface area contributed by atoms with Gasteiger partial charge in [-0.1, -0.05) is 0 Å². The van der Waals surface area contributed by atoms with Crippen LogP contribution in [0.4, 0.5) is 10.2 Å². The molecule has 0 saturated carbocycles. The summed E-state index contributed by atoms with van der Waals surface area (Å²) in [4.78, 5) is 22.2. The molecule has 1 aliphatic heterocycles. The van der Waals surface area contributed by atoms with Crippen molar-refractivity contribution in [2.24, 2.45) is 0 Å². The van der Waals surface area contributed by atoms with Crippen LogP contribution in [0, 0.1) is 12.7 Å². The van der Waals surface area contributed by atoms with E-state index in [2.05, 4.69) is 14.9 Å². The summed E-state index contributed by atoms with van der Waals surface area (Å²) in [6, 6.07) is 0. The lowest BCUT2D eigenvalue weighted by Crippen LogP contribution is -2.47. The minimum absolute atomic E-state index is 0.140. The van der Waals surface area contributed by atoms with Crippen molar-refractivity contribution in [3.05, 3.63) is 17.8 Å². The third kappa shape index (κ3) is 3.37. The van der Waals surface area contributed by atoms with Gasteiger partial charge in [0.15, 0.2) is 11.6 Å². The van der Waals surface area contributed by atoms with E-state index in [1.807, 2.05) is 4.90 Å². The maximum absolute atomic E-state index is 13.9. The van der Waals surface area contributed by atoms with Crippen LogP contribution >= 0.6 is 0 Å². The molecular weight excluding hydrogens is 251 g/mol. The molecule has 6 nitrogen and oxygen atoms in total. The van der Waals surface area contributed by atoms with Crippen molar-refractivity contribution in [2.45, 2.75) is 13.3 Å². The van der Waals surface area contributed by atoms with E-state index in [1.165, 1.54) is 6.33 Å². The highest BCUT2D eigenvalue weighted by atomic mass is 19.1. The number of aryl methyl sites for hydroxylation is 1. The first-order valence-corrected chi connectivity index (χ1v) is 6.24. The van der Waals surface area contributed by atoms with Crippen molar-refractivity contribution in [1.82, 2.24) is 14.9 Å². The lowest BCUT2D eigenvalue weighted by Gasteiger charge is -2.35. The van der Waals surface area contributed by atoms with Gasteiger partial charge in [0.25, 0.3) is 0 Å².